The zero-order chi connectivity index (χ0) is 27.2. The van der Waals surface area contributed by atoms with Crippen molar-refractivity contribution in [2.75, 3.05) is 26.3 Å². The van der Waals surface area contributed by atoms with E-state index in [2.05, 4.69) is 15.6 Å². The summed E-state index contributed by atoms with van der Waals surface area (Å²) in [5.74, 6) is -1.21. The molecule has 0 saturated carbocycles. The number of aryl methyl sites for hydroxylation is 1. The Balaban J connectivity index is 1.65. The number of thiazole rings is 1. The number of ether oxygens (including phenoxy) is 1. The van der Waals surface area contributed by atoms with Crippen LogP contribution in [0.25, 0.3) is 10.4 Å². The van der Waals surface area contributed by atoms with Crippen molar-refractivity contribution in [3.05, 3.63) is 41.0 Å². The number of benzene rings is 1. The Labute approximate surface area is 221 Å². The molecule has 5 N–H and O–H groups in total. The van der Waals surface area contributed by atoms with Crippen LogP contribution in [0.1, 0.15) is 38.4 Å². The summed E-state index contributed by atoms with van der Waals surface area (Å²) in [4.78, 5) is 45.8. The monoisotopic (exact) mass is 531 g/mol. The standard InChI is InChI=1S/C26H37N5O5S/c1-16-22(37-15-29-16)18-7-5-17(6-8-18)12-28-24(34)20-11-19(32)13-31(20)25(35)23(26(2,3)4)30-21(33)14-36-10-9-27/h5-8,15,19-20,23,32H,9-14,27H2,1-4H3,(H,28,34)(H,30,33)/t19?,20-,23+/m0/s1. The number of carbonyl (C=O) groups is 3. The molecule has 1 aliphatic rings. The van der Waals surface area contributed by atoms with Crippen LogP contribution in [-0.4, -0.2) is 77.2 Å². The molecule has 3 amide bonds. The molecule has 0 aliphatic carbocycles. The highest BCUT2D eigenvalue weighted by molar-refractivity contribution is 7.13. The second-order valence-electron chi connectivity index (χ2n) is 10.3. The number of β-amino-alcohol motifs (C(OH)–C–C–N with tert-alkyl or cyclic N) is 1. The van der Waals surface area contributed by atoms with E-state index in [1.807, 2.05) is 57.5 Å². The number of rotatable bonds is 10. The average Bonchev–Trinajstić information content (AvgIpc) is 3.46. The van der Waals surface area contributed by atoms with Gasteiger partial charge in [0.1, 0.15) is 18.7 Å². The van der Waals surface area contributed by atoms with Crippen molar-refractivity contribution in [1.29, 1.82) is 0 Å². The van der Waals surface area contributed by atoms with Crippen LogP contribution >= 0.6 is 11.3 Å². The highest BCUT2D eigenvalue weighted by Crippen LogP contribution is 2.28. The summed E-state index contributed by atoms with van der Waals surface area (Å²) < 4.78 is 5.18. The molecule has 0 radical (unpaired) electrons. The third-order valence-corrected chi connectivity index (χ3v) is 7.18. The van der Waals surface area contributed by atoms with Crippen molar-refractivity contribution in [1.82, 2.24) is 20.5 Å². The molecule has 2 aromatic rings. The number of nitrogens with two attached hydrogens (primary N) is 1. The zero-order valence-electron chi connectivity index (χ0n) is 21.8. The van der Waals surface area contributed by atoms with Crippen LogP contribution in [0.3, 0.4) is 0 Å². The predicted octanol–water partition coefficient (Wildman–Crippen LogP) is 1.20. The van der Waals surface area contributed by atoms with Crippen LogP contribution in [0.15, 0.2) is 29.8 Å². The van der Waals surface area contributed by atoms with E-state index in [1.165, 1.54) is 4.90 Å². The number of hydrogen-bond acceptors (Lipinski definition) is 8. The first-order chi connectivity index (χ1) is 17.5. The van der Waals surface area contributed by atoms with Crippen molar-refractivity contribution >= 4 is 29.1 Å². The van der Waals surface area contributed by atoms with Gasteiger partial charge < -0.3 is 31.1 Å². The lowest BCUT2D eigenvalue weighted by molar-refractivity contribution is -0.144. The largest absolute Gasteiger partial charge is 0.391 e. The van der Waals surface area contributed by atoms with Crippen LogP contribution < -0.4 is 16.4 Å². The van der Waals surface area contributed by atoms with E-state index in [-0.39, 0.29) is 45.2 Å². The second-order valence-corrected chi connectivity index (χ2v) is 11.1. The highest BCUT2D eigenvalue weighted by Gasteiger charge is 2.44. The molecule has 0 bridgehead atoms. The van der Waals surface area contributed by atoms with Gasteiger partial charge in [-0.2, -0.15) is 0 Å². The normalized spacial score (nSPS) is 18.5. The minimum Gasteiger partial charge on any atom is -0.391 e. The summed E-state index contributed by atoms with van der Waals surface area (Å²) in [5.41, 5.74) is 9.52. The van der Waals surface area contributed by atoms with Gasteiger partial charge in [-0.1, -0.05) is 45.0 Å². The second kappa shape index (κ2) is 12.6. The molecule has 202 valence electrons. The van der Waals surface area contributed by atoms with Gasteiger partial charge in [0, 0.05) is 26.1 Å². The summed E-state index contributed by atoms with van der Waals surface area (Å²) in [6, 6.07) is 6.13. The van der Waals surface area contributed by atoms with Crippen LogP contribution in [0.4, 0.5) is 0 Å². The Hall–Kier alpha value is -2.86. The van der Waals surface area contributed by atoms with Gasteiger partial charge in [-0.15, -0.1) is 11.3 Å². The predicted molar refractivity (Wildman–Crippen MR) is 142 cm³/mol. The maximum atomic E-state index is 13.5. The first kappa shape index (κ1) is 28.7. The topological polar surface area (TPSA) is 147 Å². The van der Waals surface area contributed by atoms with Gasteiger partial charge in [-0.05, 0) is 23.5 Å². The third-order valence-electron chi connectivity index (χ3n) is 6.21. The van der Waals surface area contributed by atoms with Gasteiger partial charge in [0.25, 0.3) is 0 Å². The molecule has 3 rings (SSSR count). The van der Waals surface area contributed by atoms with E-state index >= 15 is 0 Å². The number of hydrogen-bond donors (Lipinski definition) is 4. The quantitative estimate of drug-likeness (QED) is 0.337. The van der Waals surface area contributed by atoms with Gasteiger partial charge in [-0.3, -0.25) is 14.4 Å². The Morgan fingerprint density at radius 2 is 1.97 bits per heavy atom. The molecule has 1 aromatic carbocycles. The molecule has 2 heterocycles. The van der Waals surface area contributed by atoms with Crippen molar-refractivity contribution in [3.8, 4) is 10.4 Å². The fourth-order valence-electron chi connectivity index (χ4n) is 4.23. The minimum absolute atomic E-state index is 0.0198. The van der Waals surface area contributed by atoms with E-state index in [1.54, 1.807) is 11.3 Å². The van der Waals surface area contributed by atoms with Gasteiger partial charge in [0.15, 0.2) is 0 Å². The van der Waals surface area contributed by atoms with Crippen molar-refractivity contribution in [2.24, 2.45) is 11.1 Å². The average molecular weight is 532 g/mol. The Morgan fingerprint density at radius 3 is 2.57 bits per heavy atom. The summed E-state index contributed by atoms with van der Waals surface area (Å²) in [7, 11) is 0. The molecule has 1 unspecified atom stereocenters. The van der Waals surface area contributed by atoms with Crippen molar-refractivity contribution in [2.45, 2.75) is 58.8 Å². The van der Waals surface area contributed by atoms with Crippen LogP contribution in [0.2, 0.25) is 0 Å². The van der Waals surface area contributed by atoms with Gasteiger partial charge in [0.2, 0.25) is 17.7 Å². The number of amides is 3. The van der Waals surface area contributed by atoms with Crippen molar-refractivity contribution in [3.63, 3.8) is 0 Å². The number of aromatic nitrogens is 1. The fraction of sp³-hybridized carbons (Fsp3) is 0.538. The molecule has 3 atom stereocenters. The molecule has 1 aromatic heterocycles. The summed E-state index contributed by atoms with van der Waals surface area (Å²) in [6.07, 6.45) is -0.697. The molecular weight excluding hydrogens is 494 g/mol. The lowest BCUT2D eigenvalue weighted by atomic mass is 9.85. The third kappa shape index (κ3) is 7.57. The number of nitrogens with zero attached hydrogens (tertiary/aromatic N) is 2. The number of aliphatic hydroxyl groups is 1. The van der Waals surface area contributed by atoms with Gasteiger partial charge in [-0.25, -0.2) is 4.98 Å². The summed E-state index contributed by atoms with van der Waals surface area (Å²) in [5, 5.41) is 15.9. The van der Waals surface area contributed by atoms with Crippen molar-refractivity contribution < 1.29 is 24.2 Å². The van der Waals surface area contributed by atoms with E-state index in [0.29, 0.717) is 0 Å². The molecule has 11 heteroatoms. The van der Waals surface area contributed by atoms with E-state index in [9.17, 15) is 19.5 Å². The maximum Gasteiger partial charge on any atom is 0.246 e. The lowest BCUT2D eigenvalue weighted by Gasteiger charge is -2.35. The summed E-state index contributed by atoms with van der Waals surface area (Å²) in [6.45, 7) is 8.06. The van der Waals surface area contributed by atoms with Crippen LogP contribution in [0, 0.1) is 12.3 Å². The Kier molecular flexibility index (Phi) is 9.77. The Bertz CT molecular complexity index is 1080. The zero-order valence-corrected chi connectivity index (χ0v) is 22.6. The number of carbonyl (C=O) groups excluding carboxylic acids is 3. The van der Waals surface area contributed by atoms with Crippen LogP contribution in [0.5, 0.6) is 0 Å². The molecule has 10 nitrogen and oxygen atoms in total. The van der Waals surface area contributed by atoms with Gasteiger partial charge in [0.05, 0.1) is 28.8 Å². The first-order valence-electron chi connectivity index (χ1n) is 12.3. The molecule has 0 spiro atoms. The SMILES string of the molecule is Cc1ncsc1-c1ccc(CNC(=O)[C@@H]2CC(O)CN2C(=O)[C@@H](NC(=O)COCCN)C(C)(C)C)cc1. The number of likely N-dealkylation sites (tertiary alicyclic amines) is 1. The number of nitrogens with one attached hydrogen (secondary N) is 2. The molecule has 37 heavy (non-hydrogen) atoms. The Morgan fingerprint density at radius 1 is 1.27 bits per heavy atom. The molecular formula is C26H37N5O5S. The molecule has 1 saturated heterocycles. The lowest BCUT2D eigenvalue weighted by Crippen LogP contribution is -2.58. The van der Waals surface area contributed by atoms with E-state index in [0.717, 1.165) is 21.7 Å². The number of aliphatic hydroxyl groups excluding tert-OH is 1. The molecule has 1 aliphatic heterocycles. The fourth-order valence-corrected chi connectivity index (χ4v) is 5.04. The highest BCUT2D eigenvalue weighted by atomic mass is 32.1. The first-order valence-corrected chi connectivity index (χ1v) is 13.2. The van der Waals surface area contributed by atoms with E-state index < -0.39 is 35.4 Å². The van der Waals surface area contributed by atoms with Gasteiger partial charge >= 0.3 is 0 Å². The maximum absolute atomic E-state index is 13.5. The van der Waals surface area contributed by atoms with E-state index in [4.69, 9.17) is 10.5 Å². The molecule has 1 fully saturated rings. The summed E-state index contributed by atoms with van der Waals surface area (Å²) >= 11 is 1.58. The minimum atomic E-state index is -0.898. The van der Waals surface area contributed by atoms with Crippen LogP contribution in [-0.2, 0) is 25.7 Å². The smallest absolute Gasteiger partial charge is 0.246 e.